The maximum Gasteiger partial charge on any atom is 0.208 e. The van der Waals surface area contributed by atoms with Crippen LogP contribution in [0.2, 0.25) is 0 Å². The number of nitrogens with zero attached hydrogens (tertiary/aromatic N) is 2. The predicted octanol–water partition coefficient (Wildman–Crippen LogP) is 2.16. The molecule has 0 saturated carbocycles. The highest BCUT2D eigenvalue weighted by atomic mass is 79.9. The third-order valence-electron chi connectivity index (χ3n) is 1.70. The molecule has 0 fully saturated rings. The van der Waals surface area contributed by atoms with Gasteiger partial charge in [0.1, 0.15) is 0 Å². The van der Waals surface area contributed by atoms with Gasteiger partial charge in [0.05, 0.1) is 17.1 Å². The molecule has 0 amide bonds. The van der Waals surface area contributed by atoms with E-state index in [1.54, 1.807) is 18.2 Å². The Morgan fingerprint density at radius 3 is 3.00 bits per heavy atom. The SMILES string of the molecule is O=c1cnn(Cl)c2cc(Br)ccc12. The maximum atomic E-state index is 11.3. The van der Waals surface area contributed by atoms with Crippen LogP contribution in [-0.4, -0.2) is 9.30 Å². The first-order valence-electron chi connectivity index (χ1n) is 3.52. The Bertz CT molecular complexity index is 523. The van der Waals surface area contributed by atoms with Crippen molar-refractivity contribution in [3.05, 3.63) is 39.1 Å². The molecular weight excluding hydrogens is 255 g/mol. The van der Waals surface area contributed by atoms with Gasteiger partial charge in [-0.3, -0.25) is 4.79 Å². The van der Waals surface area contributed by atoms with Crippen LogP contribution in [-0.2, 0) is 0 Å². The van der Waals surface area contributed by atoms with E-state index in [4.69, 9.17) is 11.8 Å². The first-order valence-corrected chi connectivity index (χ1v) is 4.65. The minimum Gasteiger partial charge on any atom is -0.287 e. The fourth-order valence-electron chi connectivity index (χ4n) is 1.10. The summed E-state index contributed by atoms with van der Waals surface area (Å²) >= 11 is 9.04. The van der Waals surface area contributed by atoms with Crippen LogP contribution in [0.1, 0.15) is 0 Å². The summed E-state index contributed by atoms with van der Waals surface area (Å²) in [5.41, 5.74) is 0.475. The van der Waals surface area contributed by atoms with E-state index in [9.17, 15) is 4.79 Å². The second-order valence-corrected chi connectivity index (χ2v) is 3.77. The van der Waals surface area contributed by atoms with Crippen LogP contribution < -0.4 is 5.43 Å². The molecule has 0 bridgehead atoms. The van der Waals surface area contributed by atoms with Crippen LogP contribution >= 0.6 is 27.7 Å². The second-order valence-electron chi connectivity index (χ2n) is 2.53. The Morgan fingerprint density at radius 1 is 1.46 bits per heavy atom. The summed E-state index contributed by atoms with van der Waals surface area (Å²) in [6, 6.07) is 5.25. The minimum atomic E-state index is -0.126. The molecule has 5 heteroatoms. The van der Waals surface area contributed by atoms with Crippen LogP contribution in [0.5, 0.6) is 0 Å². The Hall–Kier alpha value is -0.870. The lowest BCUT2D eigenvalue weighted by Gasteiger charge is -2.00. The monoisotopic (exact) mass is 258 g/mol. The van der Waals surface area contributed by atoms with Crippen molar-refractivity contribution in [3.63, 3.8) is 0 Å². The van der Waals surface area contributed by atoms with E-state index in [2.05, 4.69) is 21.0 Å². The zero-order chi connectivity index (χ0) is 9.42. The Morgan fingerprint density at radius 2 is 2.23 bits per heavy atom. The number of fused-ring (bicyclic) bond motifs is 1. The van der Waals surface area contributed by atoms with Gasteiger partial charge in [0.2, 0.25) is 5.43 Å². The van der Waals surface area contributed by atoms with Gasteiger partial charge in [-0.15, -0.1) is 0 Å². The van der Waals surface area contributed by atoms with Crippen LogP contribution in [0.25, 0.3) is 10.9 Å². The molecule has 0 atom stereocenters. The highest BCUT2D eigenvalue weighted by Crippen LogP contribution is 2.16. The lowest BCUT2D eigenvalue weighted by atomic mass is 10.2. The third kappa shape index (κ3) is 1.47. The maximum absolute atomic E-state index is 11.3. The van der Waals surface area contributed by atoms with E-state index < -0.39 is 0 Å². The number of rotatable bonds is 0. The molecule has 2 aromatic rings. The quantitative estimate of drug-likeness (QED) is 0.727. The molecule has 0 unspecified atom stereocenters. The van der Waals surface area contributed by atoms with E-state index in [1.807, 2.05) is 0 Å². The van der Waals surface area contributed by atoms with Crippen molar-refractivity contribution in [2.75, 3.05) is 0 Å². The molecule has 0 radical (unpaired) electrons. The van der Waals surface area contributed by atoms with E-state index in [1.165, 1.54) is 6.20 Å². The van der Waals surface area contributed by atoms with E-state index in [0.29, 0.717) is 10.9 Å². The number of aromatic nitrogens is 2. The molecule has 1 aromatic carbocycles. The summed E-state index contributed by atoms with van der Waals surface area (Å²) in [6.45, 7) is 0. The van der Waals surface area contributed by atoms with Crippen LogP contribution in [0.3, 0.4) is 0 Å². The molecule has 0 N–H and O–H groups in total. The second kappa shape index (κ2) is 3.12. The number of benzene rings is 1. The molecule has 2 rings (SSSR count). The number of halogens is 2. The van der Waals surface area contributed by atoms with Gasteiger partial charge in [0.15, 0.2) is 0 Å². The summed E-state index contributed by atoms with van der Waals surface area (Å²) in [5, 5.41) is 4.26. The molecule has 1 aromatic heterocycles. The summed E-state index contributed by atoms with van der Waals surface area (Å²) in [7, 11) is 0. The van der Waals surface area contributed by atoms with Gasteiger partial charge in [0, 0.05) is 16.2 Å². The molecular formula is C8H4BrClN2O. The number of hydrogen-bond acceptors (Lipinski definition) is 2. The summed E-state index contributed by atoms with van der Waals surface area (Å²) in [5.74, 6) is 0. The first-order chi connectivity index (χ1) is 6.18. The Kier molecular flexibility index (Phi) is 2.09. The highest BCUT2D eigenvalue weighted by Gasteiger charge is 2.02. The highest BCUT2D eigenvalue weighted by molar-refractivity contribution is 9.10. The van der Waals surface area contributed by atoms with Gasteiger partial charge >= 0.3 is 0 Å². The molecule has 0 saturated heterocycles. The van der Waals surface area contributed by atoms with Crippen molar-refractivity contribution < 1.29 is 0 Å². The van der Waals surface area contributed by atoms with Crippen molar-refractivity contribution in [3.8, 4) is 0 Å². The smallest absolute Gasteiger partial charge is 0.208 e. The molecule has 0 aliphatic carbocycles. The molecule has 0 aliphatic heterocycles. The summed E-state index contributed by atoms with van der Waals surface area (Å²) in [4.78, 5) is 11.3. The average Bonchev–Trinajstić information content (AvgIpc) is 2.12. The minimum absolute atomic E-state index is 0.126. The molecule has 3 nitrogen and oxygen atoms in total. The van der Waals surface area contributed by atoms with Crippen LogP contribution in [0.4, 0.5) is 0 Å². The topological polar surface area (TPSA) is 34.9 Å². The first kappa shape index (κ1) is 8.72. The number of hydrogen-bond donors (Lipinski definition) is 0. The largest absolute Gasteiger partial charge is 0.287 e. The zero-order valence-corrected chi connectivity index (χ0v) is 8.71. The van der Waals surface area contributed by atoms with E-state index >= 15 is 0 Å². The van der Waals surface area contributed by atoms with Crippen molar-refractivity contribution in [1.29, 1.82) is 0 Å². The normalized spacial score (nSPS) is 10.6. The molecule has 0 aliphatic rings. The van der Waals surface area contributed by atoms with Gasteiger partial charge in [-0.1, -0.05) is 15.9 Å². The molecule has 0 spiro atoms. The van der Waals surface area contributed by atoms with Crippen LogP contribution in [0, 0.1) is 0 Å². The van der Waals surface area contributed by atoms with Crippen molar-refractivity contribution in [2.24, 2.45) is 0 Å². The van der Waals surface area contributed by atoms with Crippen molar-refractivity contribution >= 4 is 38.6 Å². The fraction of sp³-hybridized carbons (Fsp3) is 0. The van der Waals surface area contributed by atoms with Gasteiger partial charge in [-0.05, 0) is 18.2 Å². The molecule has 1 heterocycles. The molecule has 66 valence electrons. The van der Waals surface area contributed by atoms with Gasteiger partial charge in [-0.25, -0.2) is 0 Å². The molecule has 13 heavy (non-hydrogen) atoms. The van der Waals surface area contributed by atoms with Crippen molar-refractivity contribution in [2.45, 2.75) is 0 Å². The fourth-order valence-corrected chi connectivity index (χ4v) is 1.63. The van der Waals surface area contributed by atoms with Gasteiger partial charge in [0.25, 0.3) is 0 Å². The Balaban J connectivity index is 3.01. The standard InChI is InChI=1S/C8H4BrClN2O/c9-5-1-2-6-7(3-5)12(10)11-4-8(6)13/h1-4H. The third-order valence-corrected chi connectivity index (χ3v) is 2.46. The van der Waals surface area contributed by atoms with Crippen molar-refractivity contribution in [1.82, 2.24) is 9.30 Å². The lowest BCUT2D eigenvalue weighted by Crippen LogP contribution is -2.06. The van der Waals surface area contributed by atoms with Gasteiger partial charge in [-0.2, -0.15) is 9.30 Å². The average molecular weight is 259 g/mol. The van der Waals surface area contributed by atoms with Gasteiger partial charge < -0.3 is 0 Å². The van der Waals surface area contributed by atoms with E-state index in [0.717, 1.165) is 8.67 Å². The summed E-state index contributed by atoms with van der Waals surface area (Å²) < 4.78 is 2.02. The summed E-state index contributed by atoms with van der Waals surface area (Å²) in [6.07, 6.45) is 1.20. The van der Waals surface area contributed by atoms with Crippen LogP contribution in [0.15, 0.2) is 33.7 Å². The zero-order valence-electron chi connectivity index (χ0n) is 6.37. The predicted molar refractivity (Wildman–Crippen MR) is 55.0 cm³/mol. The Labute approximate surface area is 87.2 Å². The lowest BCUT2D eigenvalue weighted by molar-refractivity contribution is 0.980. The van der Waals surface area contributed by atoms with E-state index in [-0.39, 0.29) is 5.43 Å².